The molecule has 2 heterocycles. The quantitative estimate of drug-likeness (QED) is 0.667. The van der Waals surface area contributed by atoms with Gasteiger partial charge in [0.25, 0.3) is 0 Å². The maximum absolute atomic E-state index is 13.1. The van der Waals surface area contributed by atoms with E-state index in [2.05, 4.69) is 16.3 Å². The fourth-order valence-electron chi connectivity index (χ4n) is 4.90. The Morgan fingerprint density at radius 3 is 2.55 bits per heavy atom. The van der Waals surface area contributed by atoms with E-state index in [0.29, 0.717) is 18.8 Å². The minimum absolute atomic E-state index is 0.0395. The van der Waals surface area contributed by atoms with E-state index in [4.69, 9.17) is 9.47 Å². The Bertz CT molecular complexity index is 1000. The van der Waals surface area contributed by atoms with E-state index in [9.17, 15) is 9.59 Å². The number of amides is 2. The van der Waals surface area contributed by atoms with Crippen LogP contribution in [0.5, 0.6) is 11.5 Å². The summed E-state index contributed by atoms with van der Waals surface area (Å²) >= 11 is 0. The number of nitrogens with one attached hydrogen (secondary N) is 1. The number of aryl methyl sites for hydroxylation is 1. The van der Waals surface area contributed by atoms with E-state index in [0.717, 1.165) is 48.5 Å². The second kappa shape index (κ2) is 10.3. The zero-order chi connectivity index (χ0) is 23.4. The van der Waals surface area contributed by atoms with Crippen molar-refractivity contribution in [3.8, 4) is 11.5 Å². The van der Waals surface area contributed by atoms with Crippen LogP contribution in [0, 0.1) is 12.8 Å². The maximum atomic E-state index is 13.1. The zero-order valence-electron chi connectivity index (χ0n) is 19.7. The molecule has 7 nitrogen and oxygen atoms in total. The molecule has 0 saturated carbocycles. The predicted molar refractivity (Wildman–Crippen MR) is 128 cm³/mol. The van der Waals surface area contributed by atoms with Crippen LogP contribution in [-0.4, -0.2) is 57.1 Å². The summed E-state index contributed by atoms with van der Waals surface area (Å²) in [5.74, 6) is 0.939. The highest BCUT2D eigenvalue weighted by Crippen LogP contribution is 2.35. The molecule has 2 atom stereocenters. The molecule has 0 spiro atoms. The highest BCUT2D eigenvalue weighted by Gasteiger charge is 2.37. The monoisotopic (exact) mass is 451 g/mol. The third-order valence-electron chi connectivity index (χ3n) is 6.67. The van der Waals surface area contributed by atoms with Crippen molar-refractivity contribution in [3.05, 3.63) is 53.6 Å². The Morgan fingerprint density at radius 1 is 1.09 bits per heavy atom. The second-order valence-corrected chi connectivity index (χ2v) is 8.83. The molecule has 0 bridgehead atoms. The normalized spacial score (nSPS) is 19.5. The van der Waals surface area contributed by atoms with E-state index >= 15 is 0 Å². The molecule has 2 amide bonds. The predicted octanol–water partition coefficient (Wildman–Crippen LogP) is 3.32. The Balaban J connectivity index is 1.46. The molecule has 2 aliphatic rings. The van der Waals surface area contributed by atoms with E-state index in [1.54, 1.807) is 19.1 Å². The largest absolute Gasteiger partial charge is 0.496 e. The minimum atomic E-state index is -0.389. The van der Waals surface area contributed by atoms with Crippen molar-refractivity contribution in [2.45, 2.75) is 32.2 Å². The molecule has 2 aromatic rings. The van der Waals surface area contributed by atoms with Gasteiger partial charge in [-0.2, -0.15) is 0 Å². The van der Waals surface area contributed by atoms with Gasteiger partial charge in [0.15, 0.2) is 0 Å². The summed E-state index contributed by atoms with van der Waals surface area (Å²) in [7, 11) is 3.27. The van der Waals surface area contributed by atoms with Gasteiger partial charge in [-0.05, 0) is 56.6 Å². The lowest BCUT2D eigenvalue weighted by molar-refractivity contribution is -0.126. The first-order valence-corrected chi connectivity index (χ1v) is 11.6. The molecule has 7 heteroatoms. The van der Waals surface area contributed by atoms with Crippen molar-refractivity contribution in [1.82, 2.24) is 10.2 Å². The molecule has 2 saturated heterocycles. The summed E-state index contributed by atoms with van der Waals surface area (Å²) in [6, 6.07) is 13.8. The van der Waals surface area contributed by atoms with Gasteiger partial charge in [0, 0.05) is 25.1 Å². The molecule has 33 heavy (non-hydrogen) atoms. The fraction of sp³-hybridized carbons (Fsp3) is 0.462. The molecule has 2 unspecified atom stereocenters. The van der Waals surface area contributed by atoms with Crippen molar-refractivity contribution < 1.29 is 19.1 Å². The number of ether oxygens (including phenoxy) is 2. The Morgan fingerprint density at radius 2 is 1.82 bits per heavy atom. The average Bonchev–Trinajstić information content (AvgIpc) is 3.49. The summed E-state index contributed by atoms with van der Waals surface area (Å²) in [6.45, 7) is 4.82. The van der Waals surface area contributed by atoms with Crippen LogP contribution in [0.1, 0.15) is 36.4 Å². The van der Waals surface area contributed by atoms with Crippen molar-refractivity contribution in [1.29, 1.82) is 0 Å². The molecular weight excluding hydrogens is 418 g/mol. The number of hydrogen-bond donors (Lipinski definition) is 1. The lowest BCUT2D eigenvalue weighted by Gasteiger charge is -2.29. The smallest absolute Gasteiger partial charge is 0.227 e. The summed E-state index contributed by atoms with van der Waals surface area (Å²) in [5.41, 5.74) is 2.84. The van der Waals surface area contributed by atoms with Crippen molar-refractivity contribution in [2.75, 3.05) is 45.3 Å². The second-order valence-electron chi connectivity index (χ2n) is 8.83. The molecule has 0 radical (unpaired) electrons. The van der Waals surface area contributed by atoms with Crippen LogP contribution in [0.4, 0.5) is 5.69 Å². The van der Waals surface area contributed by atoms with Crippen molar-refractivity contribution in [2.24, 2.45) is 5.92 Å². The number of likely N-dealkylation sites (tertiary alicyclic amines) is 1. The van der Waals surface area contributed by atoms with Gasteiger partial charge in [-0.1, -0.05) is 24.3 Å². The van der Waals surface area contributed by atoms with Gasteiger partial charge in [-0.3, -0.25) is 14.5 Å². The lowest BCUT2D eigenvalue weighted by atomic mass is 10.0. The number of methoxy groups -OCH3 is 2. The Labute approximate surface area is 195 Å². The molecule has 2 fully saturated rings. The molecule has 176 valence electrons. The first-order valence-electron chi connectivity index (χ1n) is 11.6. The highest BCUT2D eigenvalue weighted by molar-refractivity contribution is 6.01. The number of benzene rings is 2. The van der Waals surface area contributed by atoms with Gasteiger partial charge in [0.2, 0.25) is 11.8 Å². The van der Waals surface area contributed by atoms with Crippen LogP contribution in [0.2, 0.25) is 0 Å². The molecule has 4 rings (SSSR count). The van der Waals surface area contributed by atoms with Crippen LogP contribution in [0.15, 0.2) is 42.5 Å². The molecule has 0 aromatic heterocycles. The average molecular weight is 452 g/mol. The minimum Gasteiger partial charge on any atom is -0.496 e. The first-order chi connectivity index (χ1) is 16.0. The Hall–Kier alpha value is -3.06. The van der Waals surface area contributed by atoms with Crippen LogP contribution >= 0.6 is 0 Å². The molecular formula is C26H33N3O4. The molecule has 0 aliphatic carbocycles. The van der Waals surface area contributed by atoms with Crippen LogP contribution in [0.3, 0.4) is 0 Å². The number of rotatable bonds is 8. The van der Waals surface area contributed by atoms with Crippen LogP contribution in [0.25, 0.3) is 0 Å². The van der Waals surface area contributed by atoms with Crippen molar-refractivity contribution >= 4 is 17.5 Å². The maximum Gasteiger partial charge on any atom is 0.227 e. The SMILES string of the molecule is COc1ccccc1C(CNC(=O)C1CC(=O)N(c2cc(C)ccc2OC)C1)N1CCCC1. The van der Waals surface area contributed by atoms with Gasteiger partial charge >= 0.3 is 0 Å². The third kappa shape index (κ3) is 4.98. The number of carbonyl (C=O) groups excluding carboxylic acids is 2. The number of anilines is 1. The molecule has 1 N–H and O–H groups in total. The van der Waals surface area contributed by atoms with Gasteiger partial charge in [-0.15, -0.1) is 0 Å². The van der Waals surface area contributed by atoms with Gasteiger partial charge in [0.05, 0.1) is 31.9 Å². The fourth-order valence-corrected chi connectivity index (χ4v) is 4.90. The first kappa shape index (κ1) is 23.1. The summed E-state index contributed by atoms with van der Waals surface area (Å²) in [4.78, 5) is 30.0. The van der Waals surface area contributed by atoms with E-state index in [1.807, 2.05) is 43.3 Å². The summed E-state index contributed by atoms with van der Waals surface area (Å²) in [6.07, 6.45) is 2.51. The van der Waals surface area contributed by atoms with Gasteiger partial charge in [0.1, 0.15) is 11.5 Å². The van der Waals surface area contributed by atoms with Gasteiger partial charge < -0.3 is 19.7 Å². The lowest BCUT2D eigenvalue weighted by Crippen LogP contribution is -2.40. The summed E-state index contributed by atoms with van der Waals surface area (Å²) < 4.78 is 11.1. The molecule has 2 aromatic carbocycles. The van der Waals surface area contributed by atoms with Gasteiger partial charge in [-0.25, -0.2) is 0 Å². The van der Waals surface area contributed by atoms with E-state index in [-0.39, 0.29) is 30.2 Å². The van der Waals surface area contributed by atoms with Crippen LogP contribution < -0.4 is 19.7 Å². The Kier molecular flexibility index (Phi) is 7.18. The summed E-state index contributed by atoms with van der Waals surface area (Å²) in [5, 5.41) is 3.14. The molecule has 2 aliphatic heterocycles. The van der Waals surface area contributed by atoms with Crippen LogP contribution in [-0.2, 0) is 9.59 Å². The van der Waals surface area contributed by atoms with Crippen molar-refractivity contribution in [3.63, 3.8) is 0 Å². The number of nitrogens with zero attached hydrogens (tertiary/aromatic N) is 2. The standard InChI is InChI=1S/C26H33N3O4/c1-18-10-11-24(33-3)21(14-18)29-17-19(15-25(29)30)26(31)27-16-22(28-12-6-7-13-28)20-8-4-5-9-23(20)32-2/h4-5,8-11,14,19,22H,6-7,12-13,15-17H2,1-3H3,(H,27,31). The number of carbonyl (C=O) groups is 2. The topological polar surface area (TPSA) is 71.1 Å². The number of para-hydroxylation sites is 1. The van der Waals surface area contributed by atoms with E-state index < -0.39 is 0 Å². The zero-order valence-corrected chi connectivity index (χ0v) is 19.7. The van der Waals surface area contributed by atoms with E-state index in [1.165, 1.54) is 0 Å². The number of hydrogen-bond acceptors (Lipinski definition) is 5. The highest BCUT2D eigenvalue weighted by atomic mass is 16.5. The third-order valence-corrected chi connectivity index (χ3v) is 6.67.